The summed E-state index contributed by atoms with van der Waals surface area (Å²) >= 11 is 0. The minimum atomic E-state index is -4.83. The van der Waals surface area contributed by atoms with Crippen LogP contribution in [0.3, 0.4) is 0 Å². The van der Waals surface area contributed by atoms with Crippen LogP contribution in [-0.2, 0) is 19.4 Å². The third-order valence-corrected chi connectivity index (χ3v) is 4.33. The van der Waals surface area contributed by atoms with Gasteiger partial charge in [-0.25, -0.2) is 14.3 Å². The third-order valence-electron chi connectivity index (χ3n) is 3.87. The second-order valence-electron chi connectivity index (χ2n) is 5.39. The van der Waals surface area contributed by atoms with Gasteiger partial charge in [-0.1, -0.05) is 60.7 Å². The quantitative estimate of drug-likeness (QED) is 0.320. The molecule has 0 spiro atoms. The standard InChI is InChI=1S/C16H15N2O6P/c19-14-16(12-7-3-1-4-8-12,13-9-5-2-6-10-13)17-15(20)18(14)11-24-25(21,22)23/h1-10H,11H2,(H,17,20)(H2,21,22,23)/i14+1,15+1,16+1,17+1,18+1. The number of phosphoric ester groups is 1. The molecule has 9 heteroatoms. The fourth-order valence-electron chi connectivity index (χ4n) is 2.76. The number of hydrogen-bond donors (Lipinski definition) is 3. The van der Waals surface area contributed by atoms with Gasteiger partial charge in [0.05, 0.1) is 0 Å². The predicted molar refractivity (Wildman–Crippen MR) is 87.0 cm³/mol. The molecule has 0 radical (unpaired) electrons. The zero-order valence-corrected chi connectivity index (χ0v) is 13.8. The number of amides is 3. The van der Waals surface area contributed by atoms with Crippen molar-refractivity contribution < 1.29 is 28.5 Å². The molecule has 1 saturated heterocycles. The molecule has 8 nitrogen and oxygen atoms in total. The van der Waals surface area contributed by atoms with Crippen LogP contribution in [0.15, 0.2) is 60.7 Å². The Morgan fingerprint density at radius 2 is 1.44 bits per heavy atom. The molecule has 25 heavy (non-hydrogen) atoms. The van der Waals surface area contributed by atoms with Gasteiger partial charge < -0.3 is 15.1 Å². The lowest BCUT2D eigenvalue weighted by molar-refractivity contribution is -0.132. The Hall–Kier alpha value is -2.51. The summed E-state index contributed by atoms with van der Waals surface area (Å²) < 4.78 is 15.2. The maximum Gasteiger partial charge on any atom is 0.471 e. The van der Waals surface area contributed by atoms with Crippen LogP contribution < -0.4 is 5.32 Å². The van der Waals surface area contributed by atoms with E-state index in [0.717, 1.165) is 0 Å². The number of carbonyl (C=O) groups is 2. The van der Waals surface area contributed by atoms with Gasteiger partial charge in [-0.15, -0.1) is 0 Å². The SMILES string of the molecule is O=[13C]1[15NH][13C](c2ccccc2)(c2ccccc2)[13C](=O)[15N]1COP(=O)(O)O. The first-order chi connectivity index (χ1) is 11.8. The number of imide groups is 1. The fraction of sp³-hybridized carbons (Fsp3) is 0.125. The Bertz CT molecular complexity index is 797. The average Bonchev–Trinajstić information content (AvgIpc) is 2.85. The minimum Gasteiger partial charge on any atom is -0.315 e. The van der Waals surface area contributed by atoms with Gasteiger partial charge in [-0.05, 0) is 11.1 Å². The van der Waals surface area contributed by atoms with E-state index in [1.807, 2.05) is 0 Å². The summed E-state index contributed by atoms with van der Waals surface area (Å²) in [4.78, 5) is 43.7. The molecule has 1 aliphatic heterocycles. The molecule has 130 valence electrons. The van der Waals surface area contributed by atoms with Crippen LogP contribution in [0.2, 0.25) is 0 Å². The molecule has 0 aliphatic carbocycles. The van der Waals surface area contributed by atoms with E-state index >= 15 is 0 Å². The number of nitrogens with zero attached hydrogens (tertiary/aromatic N) is 1. The highest BCUT2D eigenvalue weighted by molar-refractivity contribution is 7.46. The minimum absolute atomic E-state index is 0.526. The van der Waals surface area contributed by atoms with Crippen LogP contribution in [0.25, 0.3) is 0 Å². The predicted octanol–water partition coefficient (Wildman–Crippen LogP) is 1.55. The van der Waals surface area contributed by atoms with Crippen molar-refractivity contribution in [3.63, 3.8) is 0 Å². The molecular formula is C16H15N2O6P. The summed E-state index contributed by atoms with van der Waals surface area (Å²) in [7, 11) is -4.83. The van der Waals surface area contributed by atoms with Crippen molar-refractivity contribution >= 4 is 19.8 Å². The highest BCUT2D eigenvalue weighted by Gasteiger charge is 2.54. The van der Waals surface area contributed by atoms with Gasteiger partial charge in [0.15, 0.2) is 5.54 Å². The lowest BCUT2D eigenvalue weighted by Crippen LogP contribution is -2.45. The summed E-state index contributed by atoms with van der Waals surface area (Å²) in [5.74, 6) is -0.677. The summed E-state index contributed by atoms with van der Waals surface area (Å²) in [5.41, 5.74) is -0.436. The largest absolute Gasteiger partial charge is 0.471 e. The Kier molecular flexibility index (Phi) is 4.45. The molecule has 0 bridgehead atoms. The molecule has 1 heterocycles. The maximum atomic E-state index is 13.1. The van der Waals surface area contributed by atoms with Gasteiger partial charge in [0.2, 0.25) is 0 Å². The Balaban J connectivity index is 2.06. The molecule has 2 aromatic rings. The first-order valence-electron chi connectivity index (χ1n) is 7.30. The van der Waals surface area contributed by atoms with E-state index in [1.165, 1.54) is 0 Å². The smallest absolute Gasteiger partial charge is 0.315 e. The van der Waals surface area contributed by atoms with Crippen molar-refractivity contribution in [3.05, 3.63) is 71.8 Å². The van der Waals surface area contributed by atoms with Gasteiger partial charge in [-0.2, -0.15) is 0 Å². The van der Waals surface area contributed by atoms with Crippen molar-refractivity contribution in [2.24, 2.45) is 0 Å². The number of nitrogens with one attached hydrogen (secondary N) is 1. The van der Waals surface area contributed by atoms with E-state index in [9.17, 15) is 14.2 Å². The Morgan fingerprint density at radius 3 is 1.88 bits per heavy atom. The summed E-state index contributed by atoms with van der Waals surface area (Å²) in [6.07, 6.45) is 0. The highest BCUT2D eigenvalue weighted by atomic mass is 31.2. The number of rotatable bonds is 5. The normalized spacial score (nSPS) is 16.8. The number of benzene rings is 2. The van der Waals surface area contributed by atoms with E-state index < -0.39 is 32.0 Å². The molecule has 1 aliphatic rings. The van der Waals surface area contributed by atoms with Crippen molar-refractivity contribution in [3.8, 4) is 0 Å². The molecule has 0 atom stereocenters. The summed E-state index contributed by atoms with van der Waals surface area (Å²) in [6, 6.07) is 16.4. The lowest BCUT2D eigenvalue weighted by atomic mass is 10.1. The zero-order valence-electron chi connectivity index (χ0n) is 12.9. The lowest BCUT2D eigenvalue weighted by Gasteiger charge is -2.27. The van der Waals surface area contributed by atoms with Gasteiger partial charge in [0.25, 0.3) is 5.91 Å². The average molecular weight is 367 g/mol. The first-order valence-corrected chi connectivity index (χ1v) is 8.83. The van der Waals surface area contributed by atoms with E-state index in [2.05, 4.69) is 9.84 Å². The maximum absolute atomic E-state index is 13.1. The van der Waals surface area contributed by atoms with Gasteiger partial charge >= 0.3 is 13.9 Å². The van der Waals surface area contributed by atoms with Crippen LogP contribution in [0.4, 0.5) is 4.79 Å². The van der Waals surface area contributed by atoms with Crippen LogP contribution in [-0.4, -0.2) is 33.4 Å². The van der Waals surface area contributed by atoms with Gasteiger partial charge in [0.1, 0.15) is 6.73 Å². The molecule has 0 saturated carbocycles. The van der Waals surface area contributed by atoms with E-state index in [-0.39, 0.29) is 0 Å². The molecule has 1 fully saturated rings. The first kappa shape index (κ1) is 17.3. The van der Waals surface area contributed by atoms with E-state index in [1.54, 1.807) is 60.7 Å². The van der Waals surface area contributed by atoms with Crippen LogP contribution in [0, 0.1) is 0 Å². The number of urea groups is 1. The fourth-order valence-corrected chi connectivity index (χ4v) is 3.03. The molecule has 2 aromatic carbocycles. The van der Waals surface area contributed by atoms with Crippen molar-refractivity contribution in [2.45, 2.75) is 5.54 Å². The van der Waals surface area contributed by atoms with Gasteiger partial charge in [-0.3, -0.25) is 9.32 Å². The van der Waals surface area contributed by atoms with E-state index in [0.29, 0.717) is 16.0 Å². The van der Waals surface area contributed by atoms with E-state index in [4.69, 9.17) is 9.79 Å². The second-order valence-corrected chi connectivity index (χ2v) is 6.63. The summed E-state index contributed by atoms with van der Waals surface area (Å²) in [5, 5.41) is 2.64. The number of carbonyl (C=O) groups excluding carboxylic acids is 2. The van der Waals surface area contributed by atoms with Crippen molar-refractivity contribution in [2.75, 3.05) is 6.73 Å². The molecule has 3 rings (SSSR count). The molecule has 0 unspecified atom stereocenters. The van der Waals surface area contributed by atoms with Crippen LogP contribution >= 0.6 is 7.82 Å². The second kappa shape index (κ2) is 6.42. The third kappa shape index (κ3) is 3.20. The summed E-state index contributed by atoms with van der Waals surface area (Å²) in [6.45, 7) is -0.851. The molecule has 0 aromatic heterocycles. The van der Waals surface area contributed by atoms with Crippen molar-refractivity contribution in [1.82, 2.24) is 10.2 Å². The zero-order chi connectivity index (χ0) is 18.1. The Morgan fingerprint density at radius 1 is 0.960 bits per heavy atom. The van der Waals surface area contributed by atoms with Crippen LogP contribution in [0.1, 0.15) is 11.1 Å². The molecular weight excluding hydrogens is 352 g/mol. The Labute approximate surface area is 143 Å². The number of phosphoric acid groups is 1. The molecule has 3 N–H and O–H groups in total. The highest BCUT2D eigenvalue weighted by Crippen LogP contribution is 2.39. The topological polar surface area (TPSA) is 116 Å². The number of hydrogen-bond acceptors (Lipinski definition) is 4. The van der Waals surface area contributed by atoms with Crippen molar-refractivity contribution in [1.29, 1.82) is 0 Å². The monoisotopic (exact) mass is 367 g/mol. The molecule has 3 amide bonds. The van der Waals surface area contributed by atoms with Gasteiger partial charge in [0, 0.05) is 0 Å². The van der Waals surface area contributed by atoms with Crippen LogP contribution in [0.5, 0.6) is 0 Å².